The number of ketones is 5. The molecule has 640 valence electrons. The van der Waals surface area contributed by atoms with Gasteiger partial charge in [-0.1, -0.05) is 78.4 Å². The topological polar surface area (TPSA) is 404 Å². The molecule has 0 bridgehead atoms. The summed E-state index contributed by atoms with van der Waals surface area (Å²) in [6.45, 7) is 15.2. The Hall–Kier alpha value is -13.6. The zero-order valence-electron chi connectivity index (χ0n) is 69.2. The summed E-state index contributed by atoms with van der Waals surface area (Å²) in [7, 11) is 1.52. The molecule has 0 N–H and O–H groups in total. The quantitative estimate of drug-likeness (QED) is 0.0424. The number of aryl methyl sites for hydroxylation is 4. The van der Waals surface area contributed by atoms with Crippen LogP contribution in [0.25, 0.3) is 0 Å². The van der Waals surface area contributed by atoms with Gasteiger partial charge in [0.05, 0.1) is 46.1 Å². The van der Waals surface area contributed by atoms with Crippen LogP contribution in [0.2, 0.25) is 0 Å². The van der Waals surface area contributed by atoms with Gasteiger partial charge in [-0.2, -0.15) is 0 Å². The summed E-state index contributed by atoms with van der Waals surface area (Å²) >= 11 is 0. The van der Waals surface area contributed by atoms with Crippen molar-refractivity contribution < 1.29 is 148 Å². The van der Waals surface area contributed by atoms with E-state index in [0.29, 0.717) is 73.4 Å². The standard InChI is InChI=1S/C26H22O7.C17H20O6.2C16H18O6.C15H16O6/c1-30-20-12-13-21-22(14-20)31-15-26(23(21)27,16-32-24(28)18-8-4-2-5-9-18)17-33-25(29)19-10-6-3-7-11-19;1-10-5-11(2)15-14(6-10)16(20)17(9-23-15,7-21-12(3)18)8-22-13(4)19;1-10-4-5-14-13(6-10)15(19)16(9-22-14,7-20-11(2)17)8-21-12(3)18;1-10-5-4-6-13-14(10)22-9-16(15(13)19,7-20-11(2)17)8-21-12(3)18;1-10(16)19-7-15(8-20-11(2)17)9-21-13-6-4-3-5-12(13)14(15)18/h2-14H,15-17H2,1H3;5-6H,7-9H2,1-4H3;2*4-6H,7-9H2,1-3H3;3-6H,7-9H2,1-2H3. The first-order chi connectivity index (χ1) is 57.4. The number of benzene rings is 7. The van der Waals surface area contributed by atoms with Crippen molar-refractivity contribution in [1.29, 1.82) is 0 Å². The van der Waals surface area contributed by atoms with Crippen LogP contribution in [0.1, 0.15) is 150 Å². The lowest BCUT2D eigenvalue weighted by Gasteiger charge is -2.35. The summed E-state index contributed by atoms with van der Waals surface area (Å²) < 4.78 is 84.7. The highest BCUT2D eigenvalue weighted by atomic mass is 16.6. The fourth-order valence-corrected chi connectivity index (χ4v) is 12.7. The van der Waals surface area contributed by atoms with Gasteiger partial charge in [0.2, 0.25) is 0 Å². The van der Waals surface area contributed by atoms with Crippen LogP contribution in [0.15, 0.2) is 152 Å². The molecule has 31 heteroatoms. The summed E-state index contributed by atoms with van der Waals surface area (Å²) in [6, 6.07) is 42.7. The number of esters is 10. The highest BCUT2D eigenvalue weighted by Gasteiger charge is 2.52. The molecule has 7 aromatic rings. The molecule has 0 saturated heterocycles. The summed E-state index contributed by atoms with van der Waals surface area (Å²) in [5.41, 5.74) is -0.0581. The monoisotopic (exact) mass is 1670 g/mol. The van der Waals surface area contributed by atoms with Crippen LogP contribution in [0.5, 0.6) is 34.5 Å². The van der Waals surface area contributed by atoms with E-state index in [1.165, 1.54) is 62.5 Å². The van der Waals surface area contributed by atoms with E-state index < -0.39 is 86.8 Å². The van der Waals surface area contributed by atoms with Crippen molar-refractivity contribution in [3.63, 3.8) is 0 Å². The van der Waals surface area contributed by atoms with E-state index in [1.807, 2.05) is 45.9 Å². The van der Waals surface area contributed by atoms with Crippen LogP contribution in [0.3, 0.4) is 0 Å². The van der Waals surface area contributed by atoms with Crippen molar-refractivity contribution in [2.24, 2.45) is 27.1 Å². The number of fused-ring (bicyclic) bond motifs is 5. The van der Waals surface area contributed by atoms with E-state index >= 15 is 0 Å². The van der Waals surface area contributed by atoms with Gasteiger partial charge in [0, 0.05) is 61.5 Å². The first-order valence-electron chi connectivity index (χ1n) is 37.9. The van der Waals surface area contributed by atoms with Crippen molar-refractivity contribution in [3.05, 3.63) is 213 Å². The molecule has 0 radical (unpaired) electrons. The zero-order chi connectivity index (χ0) is 88.6. The number of hydrogen-bond acceptors (Lipinski definition) is 31. The van der Waals surface area contributed by atoms with Crippen LogP contribution in [-0.2, 0) is 85.7 Å². The van der Waals surface area contributed by atoms with Gasteiger partial charge in [0.25, 0.3) is 0 Å². The molecule has 31 nitrogen and oxygen atoms in total. The van der Waals surface area contributed by atoms with Crippen molar-refractivity contribution in [3.8, 4) is 34.5 Å². The van der Waals surface area contributed by atoms with E-state index in [-0.39, 0.29) is 128 Å². The Morgan fingerprint density at radius 1 is 0.281 bits per heavy atom. The lowest BCUT2D eigenvalue weighted by molar-refractivity contribution is -0.152. The third-order valence-electron chi connectivity index (χ3n) is 19.4. The van der Waals surface area contributed by atoms with Crippen molar-refractivity contribution in [2.75, 3.05) is 106 Å². The van der Waals surface area contributed by atoms with Crippen molar-refractivity contribution >= 4 is 88.6 Å². The molecule has 0 aliphatic carbocycles. The molecule has 12 rings (SSSR count). The second-order valence-electron chi connectivity index (χ2n) is 29.4. The predicted octanol–water partition coefficient (Wildman–Crippen LogP) is 10.7. The molecular weight excluding hydrogens is 1580 g/mol. The van der Waals surface area contributed by atoms with E-state index in [2.05, 4.69) is 0 Å². The highest BCUT2D eigenvalue weighted by molar-refractivity contribution is 6.08. The number of ether oxygens (including phenoxy) is 16. The second-order valence-corrected chi connectivity index (χ2v) is 29.4. The average molecular weight is 1670 g/mol. The van der Waals surface area contributed by atoms with E-state index in [1.54, 1.807) is 133 Å². The van der Waals surface area contributed by atoms with Gasteiger partial charge < -0.3 is 75.8 Å². The average Bonchev–Trinajstić information content (AvgIpc) is 0.805. The third kappa shape index (κ3) is 24.1. The Kier molecular flexibility index (Phi) is 32.0. The summed E-state index contributed by atoms with van der Waals surface area (Å²) in [4.78, 5) is 179. The normalized spacial score (nSPS) is 15.1. The maximum Gasteiger partial charge on any atom is 0.338 e. The number of rotatable bonds is 23. The van der Waals surface area contributed by atoms with Crippen molar-refractivity contribution in [1.82, 2.24) is 0 Å². The van der Waals surface area contributed by atoms with Crippen LogP contribution in [0.4, 0.5) is 0 Å². The zero-order valence-corrected chi connectivity index (χ0v) is 69.2. The smallest absolute Gasteiger partial charge is 0.338 e. The highest BCUT2D eigenvalue weighted by Crippen LogP contribution is 2.43. The number of carbonyl (C=O) groups is 15. The van der Waals surface area contributed by atoms with Gasteiger partial charge in [-0.3, -0.25) is 62.3 Å². The molecule has 0 fully saturated rings. The summed E-state index contributed by atoms with van der Waals surface area (Å²) in [5.74, 6) is -3.67. The SMILES string of the molecule is CC(=O)OCC1(COC(C)=O)COc2c(C)cc(C)cc2C1=O.CC(=O)OCC1(COC(C)=O)COc2c(C)cccc2C1=O.CC(=O)OCC1(COC(C)=O)COc2ccc(C)cc2C1=O.CC(=O)OCC1(COC(C)=O)COc2ccccc2C1=O.COc1ccc2c(c1)OCC(COC(=O)c1ccccc1)(COC(=O)c1ccccc1)C2=O. The molecule has 121 heavy (non-hydrogen) atoms. The molecule has 0 aromatic heterocycles. The maximum absolute atomic E-state index is 13.5. The van der Waals surface area contributed by atoms with Gasteiger partial charge in [-0.25, -0.2) is 9.59 Å². The maximum atomic E-state index is 13.5. The lowest BCUT2D eigenvalue weighted by Crippen LogP contribution is -2.49. The molecule has 0 atom stereocenters. The molecule has 0 unspecified atom stereocenters. The molecule has 5 aliphatic rings. The Morgan fingerprint density at radius 2 is 0.595 bits per heavy atom. The van der Waals surface area contributed by atoms with Crippen molar-refractivity contribution in [2.45, 2.75) is 83.1 Å². The van der Waals surface area contributed by atoms with Gasteiger partial charge in [0.1, 0.15) is 161 Å². The first kappa shape index (κ1) is 92.9. The Balaban J connectivity index is 0.000000190. The van der Waals surface area contributed by atoms with Gasteiger partial charge in [-0.15, -0.1) is 0 Å². The second kappa shape index (κ2) is 41.7. The number of hydrogen-bond donors (Lipinski definition) is 0. The number of para-hydroxylation sites is 2. The largest absolute Gasteiger partial charge is 0.497 e. The molecule has 0 saturated carbocycles. The predicted molar refractivity (Wildman–Crippen MR) is 426 cm³/mol. The van der Waals surface area contributed by atoms with Crippen LogP contribution >= 0.6 is 0 Å². The van der Waals surface area contributed by atoms with Gasteiger partial charge in [0.15, 0.2) is 28.9 Å². The summed E-state index contributed by atoms with van der Waals surface area (Å²) in [5, 5.41) is 0. The van der Waals surface area contributed by atoms with E-state index in [9.17, 15) is 71.9 Å². The number of Topliss-reactive ketones (excluding diaryl/α,β-unsaturated/α-hetero) is 5. The third-order valence-corrected chi connectivity index (χ3v) is 19.4. The van der Waals surface area contributed by atoms with Crippen LogP contribution < -0.4 is 28.4 Å². The molecule has 0 amide bonds. The fraction of sp³-hybridized carbons (Fsp3) is 0.367. The first-order valence-corrected chi connectivity index (χ1v) is 37.9. The fourth-order valence-electron chi connectivity index (χ4n) is 12.7. The Bertz CT molecular complexity index is 4880. The Labute approximate surface area is 697 Å². The van der Waals surface area contributed by atoms with E-state index in [0.717, 1.165) is 22.3 Å². The molecule has 5 aliphatic heterocycles. The van der Waals surface area contributed by atoms with Crippen LogP contribution in [-0.4, -0.2) is 195 Å². The molecule has 0 spiro atoms. The lowest BCUT2D eigenvalue weighted by atomic mass is 9.79. The number of carbonyl (C=O) groups excluding carboxylic acids is 15. The minimum absolute atomic E-state index is 0.00968. The molecule has 7 aromatic carbocycles. The van der Waals surface area contributed by atoms with Crippen LogP contribution in [0, 0.1) is 54.8 Å². The molecule has 5 heterocycles. The number of methoxy groups -OCH3 is 1. The Morgan fingerprint density at radius 3 is 1.00 bits per heavy atom. The molecular formula is C90H94O31. The summed E-state index contributed by atoms with van der Waals surface area (Å²) in [6.07, 6.45) is 0. The van der Waals surface area contributed by atoms with E-state index in [4.69, 9.17) is 75.8 Å². The van der Waals surface area contributed by atoms with Gasteiger partial charge >= 0.3 is 59.7 Å². The minimum Gasteiger partial charge on any atom is -0.497 e. The minimum atomic E-state index is -1.39. The van der Waals surface area contributed by atoms with Gasteiger partial charge in [-0.05, 0) is 117 Å².